The van der Waals surface area contributed by atoms with Crippen LogP contribution in [0.25, 0.3) is 0 Å². The fourth-order valence-electron chi connectivity index (χ4n) is 2.61. The van der Waals surface area contributed by atoms with Gasteiger partial charge < -0.3 is 5.32 Å². The van der Waals surface area contributed by atoms with Crippen LogP contribution in [-0.4, -0.2) is 0 Å². The molecule has 0 saturated carbocycles. The number of benzene rings is 3. The van der Waals surface area contributed by atoms with Crippen molar-refractivity contribution in [3.8, 4) is 0 Å². The monoisotopic (exact) mass is 321 g/mol. The van der Waals surface area contributed by atoms with E-state index in [2.05, 4.69) is 60.8 Å². The van der Waals surface area contributed by atoms with Crippen molar-refractivity contribution >= 4 is 23.0 Å². The van der Waals surface area contributed by atoms with Crippen LogP contribution in [0, 0.1) is 6.92 Å². The highest BCUT2D eigenvalue weighted by atomic mass is 35.5. The molecule has 1 N–H and O–H groups in total. The van der Waals surface area contributed by atoms with Crippen LogP contribution >= 0.6 is 11.6 Å². The maximum absolute atomic E-state index is 6.06. The van der Waals surface area contributed by atoms with E-state index in [1.807, 2.05) is 24.3 Å². The van der Waals surface area contributed by atoms with Crippen molar-refractivity contribution in [2.45, 2.75) is 19.8 Å². The van der Waals surface area contributed by atoms with Crippen molar-refractivity contribution in [2.24, 2.45) is 0 Å². The zero-order chi connectivity index (χ0) is 16.1. The van der Waals surface area contributed by atoms with E-state index < -0.39 is 0 Å². The third-order valence-corrected chi connectivity index (χ3v) is 4.19. The van der Waals surface area contributed by atoms with Crippen LogP contribution in [0.5, 0.6) is 0 Å². The molecule has 0 aliphatic rings. The van der Waals surface area contributed by atoms with Gasteiger partial charge in [0.15, 0.2) is 0 Å². The van der Waals surface area contributed by atoms with Gasteiger partial charge in [-0.2, -0.15) is 0 Å². The second-order valence-electron chi connectivity index (χ2n) is 5.77. The van der Waals surface area contributed by atoms with E-state index in [0.29, 0.717) is 0 Å². The average Bonchev–Trinajstić information content (AvgIpc) is 2.57. The molecule has 0 spiro atoms. The lowest BCUT2D eigenvalue weighted by atomic mass is 10.0. The van der Waals surface area contributed by atoms with Crippen molar-refractivity contribution in [2.75, 3.05) is 5.32 Å². The van der Waals surface area contributed by atoms with Gasteiger partial charge in [-0.25, -0.2) is 0 Å². The SMILES string of the molecule is Cc1ccc(CCc2ccccc2)cc1Nc1cccc(Cl)c1. The molecule has 0 saturated heterocycles. The molecule has 0 aromatic heterocycles. The van der Waals surface area contributed by atoms with E-state index >= 15 is 0 Å². The molecule has 3 rings (SSSR count). The molecule has 0 radical (unpaired) electrons. The summed E-state index contributed by atoms with van der Waals surface area (Å²) < 4.78 is 0. The van der Waals surface area contributed by atoms with Gasteiger partial charge in [0.1, 0.15) is 0 Å². The Balaban J connectivity index is 1.74. The lowest BCUT2D eigenvalue weighted by Gasteiger charge is -2.12. The molecule has 3 aromatic carbocycles. The Bertz CT molecular complexity index is 781. The van der Waals surface area contributed by atoms with Gasteiger partial charge in [0.05, 0.1) is 0 Å². The third kappa shape index (κ3) is 4.37. The summed E-state index contributed by atoms with van der Waals surface area (Å²) in [6.07, 6.45) is 2.09. The molecule has 0 fully saturated rings. The van der Waals surface area contributed by atoms with Crippen molar-refractivity contribution < 1.29 is 0 Å². The number of rotatable bonds is 5. The second-order valence-corrected chi connectivity index (χ2v) is 6.21. The van der Waals surface area contributed by atoms with E-state index in [1.165, 1.54) is 16.7 Å². The van der Waals surface area contributed by atoms with E-state index in [0.717, 1.165) is 29.2 Å². The number of hydrogen-bond acceptors (Lipinski definition) is 1. The maximum Gasteiger partial charge on any atom is 0.0426 e. The molecule has 0 aliphatic heterocycles. The maximum atomic E-state index is 6.06. The summed E-state index contributed by atoms with van der Waals surface area (Å²) >= 11 is 6.06. The van der Waals surface area contributed by atoms with Gasteiger partial charge in [-0.1, -0.05) is 60.1 Å². The van der Waals surface area contributed by atoms with Gasteiger partial charge in [-0.3, -0.25) is 0 Å². The van der Waals surface area contributed by atoms with Gasteiger partial charge in [-0.05, 0) is 60.7 Å². The van der Waals surface area contributed by atoms with Gasteiger partial charge in [-0.15, -0.1) is 0 Å². The Morgan fingerprint density at radius 3 is 2.35 bits per heavy atom. The van der Waals surface area contributed by atoms with Crippen LogP contribution in [0.15, 0.2) is 72.8 Å². The first-order valence-electron chi connectivity index (χ1n) is 7.87. The Kier molecular flexibility index (Phi) is 4.99. The molecule has 1 nitrogen and oxygen atoms in total. The van der Waals surface area contributed by atoms with Crippen LogP contribution in [0.4, 0.5) is 11.4 Å². The number of aryl methyl sites for hydroxylation is 3. The fraction of sp³-hybridized carbons (Fsp3) is 0.143. The number of halogens is 1. The highest BCUT2D eigenvalue weighted by Gasteiger charge is 2.03. The molecular formula is C21H20ClN. The molecule has 0 atom stereocenters. The fourth-order valence-corrected chi connectivity index (χ4v) is 2.80. The molecule has 0 unspecified atom stereocenters. The van der Waals surface area contributed by atoms with Crippen LogP contribution in [0.3, 0.4) is 0 Å². The first kappa shape index (κ1) is 15.6. The van der Waals surface area contributed by atoms with Crippen molar-refractivity contribution in [1.29, 1.82) is 0 Å². The zero-order valence-electron chi connectivity index (χ0n) is 13.2. The Morgan fingerprint density at radius 1 is 0.783 bits per heavy atom. The minimum atomic E-state index is 0.743. The van der Waals surface area contributed by atoms with Crippen molar-refractivity contribution in [1.82, 2.24) is 0 Å². The summed E-state index contributed by atoms with van der Waals surface area (Å²) in [6, 6.07) is 25.0. The van der Waals surface area contributed by atoms with E-state index in [-0.39, 0.29) is 0 Å². The molecule has 0 bridgehead atoms. The normalized spacial score (nSPS) is 10.5. The predicted molar refractivity (Wildman–Crippen MR) is 99.8 cm³/mol. The molecule has 0 amide bonds. The molecule has 2 heteroatoms. The summed E-state index contributed by atoms with van der Waals surface area (Å²) in [7, 11) is 0. The van der Waals surface area contributed by atoms with E-state index in [1.54, 1.807) is 0 Å². The number of nitrogens with one attached hydrogen (secondary N) is 1. The topological polar surface area (TPSA) is 12.0 Å². The Labute approximate surface area is 142 Å². The molecule has 116 valence electrons. The number of anilines is 2. The van der Waals surface area contributed by atoms with Crippen LogP contribution in [0.1, 0.15) is 16.7 Å². The summed E-state index contributed by atoms with van der Waals surface area (Å²) in [6.45, 7) is 2.12. The van der Waals surface area contributed by atoms with Gasteiger partial charge in [0.25, 0.3) is 0 Å². The van der Waals surface area contributed by atoms with Crippen LogP contribution < -0.4 is 5.32 Å². The largest absolute Gasteiger partial charge is 0.355 e. The highest BCUT2D eigenvalue weighted by molar-refractivity contribution is 6.30. The Morgan fingerprint density at radius 2 is 1.57 bits per heavy atom. The second kappa shape index (κ2) is 7.34. The summed E-state index contributed by atoms with van der Waals surface area (Å²) in [4.78, 5) is 0. The average molecular weight is 322 g/mol. The summed E-state index contributed by atoms with van der Waals surface area (Å²) in [5.74, 6) is 0. The van der Waals surface area contributed by atoms with Crippen LogP contribution in [-0.2, 0) is 12.8 Å². The lowest BCUT2D eigenvalue weighted by molar-refractivity contribution is 0.960. The molecule has 0 aliphatic carbocycles. The zero-order valence-corrected chi connectivity index (χ0v) is 14.0. The summed E-state index contributed by atoms with van der Waals surface area (Å²) in [5.41, 5.74) is 6.09. The van der Waals surface area contributed by atoms with Gasteiger partial charge >= 0.3 is 0 Å². The molecular weight excluding hydrogens is 302 g/mol. The smallest absolute Gasteiger partial charge is 0.0426 e. The number of hydrogen-bond donors (Lipinski definition) is 1. The highest BCUT2D eigenvalue weighted by Crippen LogP contribution is 2.24. The van der Waals surface area contributed by atoms with Gasteiger partial charge in [0, 0.05) is 16.4 Å². The summed E-state index contributed by atoms with van der Waals surface area (Å²) in [5, 5.41) is 4.21. The predicted octanol–water partition coefficient (Wildman–Crippen LogP) is 6.18. The van der Waals surface area contributed by atoms with Crippen molar-refractivity contribution in [3.63, 3.8) is 0 Å². The quantitative estimate of drug-likeness (QED) is 0.592. The molecule has 23 heavy (non-hydrogen) atoms. The molecule has 0 heterocycles. The molecule has 3 aromatic rings. The Hall–Kier alpha value is -2.25. The van der Waals surface area contributed by atoms with Crippen LogP contribution in [0.2, 0.25) is 5.02 Å². The van der Waals surface area contributed by atoms with E-state index in [9.17, 15) is 0 Å². The van der Waals surface area contributed by atoms with Crippen molar-refractivity contribution in [3.05, 3.63) is 94.5 Å². The third-order valence-electron chi connectivity index (χ3n) is 3.95. The minimum Gasteiger partial charge on any atom is -0.355 e. The first-order valence-corrected chi connectivity index (χ1v) is 8.24. The minimum absolute atomic E-state index is 0.743. The van der Waals surface area contributed by atoms with Gasteiger partial charge in [0.2, 0.25) is 0 Å². The first-order chi connectivity index (χ1) is 11.2. The lowest BCUT2D eigenvalue weighted by Crippen LogP contribution is -1.97. The standard InChI is InChI=1S/C21H20ClN/c1-16-10-11-18(13-12-17-6-3-2-4-7-17)14-21(16)23-20-9-5-8-19(22)15-20/h2-11,14-15,23H,12-13H2,1H3. The van der Waals surface area contributed by atoms with E-state index in [4.69, 9.17) is 11.6 Å².